The van der Waals surface area contributed by atoms with Crippen molar-refractivity contribution < 1.29 is 9.13 Å². The quantitative estimate of drug-likeness (QED) is 0.772. The topological polar surface area (TPSA) is 61.0 Å². The Morgan fingerprint density at radius 1 is 1.05 bits per heavy atom. The molecule has 0 saturated heterocycles. The van der Waals surface area contributed by atoms with Crippen molar-refractivity contribution in [3.05, 3.63) is 52.8 Å². The molecule has 1 aromatic heterocycles. The van der Waals surface area contributed by atoms with Gasteiger partial charge in [0, 0.05) is 6.07 Å². The predicted octanol–water partition coefficient (Wildman–Crippen LogP) is 3.91. The van der Waals surface area contributed by atoms with Crippen molar-refractivity contribution in [1.82, 2.24) is 9.97 Å². The van der Waals surface area contributed by atoms with E-state index in [1.165, 1.54) is 6.07 Å². The normalized spacial score (nSPS) is 10.7. The minimum atomic E-state index is -0.421. The Bertz CT molecular complexity index is 794. The van der Waals surface area contributed by atoms with E-state index >= 15 is 0 Å². The Labute approximate surface area is 122 Å². The lowest BCUT2D eigenvalue weighted by atomic mass is 10.3. The van der Waals surface area contributed by atoms with Crippen LogP contribution in [0.2, 0.25) is 0 Å². The Morgan fingerprint density at radius 2 is 1.75 bits per heavy atom. The van der Waals surface area contributed by atoms with Crippen molar-refractivity contribution >= 4 is 32.8 Å². The van der Waals surface area contributed by atoms with Crippen molar-refractivity contribution in [1.29, 1.82) is 0 Å². The van der Waals surface area contributed by atoms with Crippen LogP contribution in [0.3, 0.4) is 0 Å². The van der Waals surface area contributed by atoms with Crippen LogP contribution >= 0.6 is 15.9 Å². The third-order valence-corrected chi connectivity index (χ3v) is 3.31. The molecule has 2 N–H and O–H groups in total. The van der Waals surface area contributed by atoms with Gasteiger partial charge in [-0.15, -0.1) is 0 Å². The van der Waals surface area contributed by atoms with Gasteiger partial charge in [0.05, 0.1) is 15.5 Å². The van der Waals surface area contributed by atoms with E-state index in [1.54, 1.807) is 18.2 Å². The van der Waals surface area contributed by atoms with E-state index in [2.05, 4.69) is 25.9 Å². The lowest BCUT2D eigenvalue weighted by Gasteiger charge is -2.08. The zero-order valence-corrected chi connectivity index (χ0v) is 11.8. The smallest absolute Gasteiger partial charge is 0.263 e. The molecule has 0 aliphatic heterocycles. The molecule has 0 amide bonds. The van der Waals surface area contributed by atoms with Gasteiger partial charge in [0.25, 0.3) is 5.88 Å². The number of para-hydroxylation sites is 2. The van der Waals surface area contributed by atoms with Crippen LogP contribution in [0, 0.1) is 5.82 Å². The second-order valence-electron chi connectivity index (χ2n) is 4.08. The van der Waals surface area contributed by atoms with E-state index in [0.29, 0.717) is 21.3 Å². The molecule has 0 unspecified atom stereocenters. The monoisotopic (exact) mass is 333 g/mol. The Hall–Kier alpha value is -2.21. The molecule has 0 saturated carbocycles. The molecule has 0 atom stereocenters. The third kappa shape index (κ3) is 2.42. The fourth-order valence-electron chi connectivity index (χ4n) is 1.72. The van der Waals surface area contributed by atoms with Crippen LogP contribution in [0.4, 0.5) is 10.2 Å². The summed E-state index contributed by atoms with van der Waals surface area (Å²) < 4.78 is 19.3. The largest absolute Gasteiger partial charge is 0.436 e. The van der Waals surface area contributed by atoms with Crippen LogP contribution in [-0.4, -0.2) is 9.97 Å². The van der Waals surface area contributed by atoms with Crippen molar-refractivity contribution in [2.75, 3.05) is 5.73 Å². The van der Waals surface area contributed by atoms with Crippen LogP contribution in [-0.2, 0) is 0 Å². The van der Waals surface area contributed by atoms with Gasteiger partial charge in [0.15, 0.2) is 5.82 Å². The number of rotatable bonds is 2. The van der Waals surface area contributed by atoms with E-state index < -0.39 is 5.82 Å². The highest BCUT2D eigenvalue weighted by molar-refractivity contribution is 9.10. The Kier molecular flexibility index (Phi) is 3.23. The molecular formula is C14H9BrFN3O. The summed E-state index contributed by atoms with van der Waals surface area (Å²) in [6.07, 6.45) is 0. The molecule has 3 rings (SSSR count). The molecule has 20 heavy (non-hydrogen) atoms. The maximum absolute atomic E-state index is 13.4. The molecule has 1 heterocycles. The van der Waals surface area contributed by atoms with E-state index in [4.69, 9.17) is 10.5 Å². The van der Waals surface area contributed by atoms with Gasteiger partial charge in [-0.2, -0.15) is 0 Å². The van der Waals surface area contributed by atoms with Crippen LogP contribution in [0.25, 0.3) is 11.0 Å². The minimum Gasteiger partial charge on any atom is -0.436 e. The average Bonchev–Trinajstić information content (AvgIpc) is 2.44. The maximum atomic E-state index is 13.4. The van der Waals surface area contributed by atoms with E-state index in [1.807, 2.05) is 18.2 Å². The fourth-order valence-corrected chi connectivity index (χ4v) is 1.97. The number of nitrogens with zero attached hydrogens (tertiary/aromatic N) is 2. The van der Waals surface area contributed by atoms with Gasteiger partial charge in [-0.1, -0.05) is 12.1 Å². The van der Waals surface area contributed by atoms with Gasteiger partial charge in [-0.25, -0.2) is 14.4 Å². The number of fused-ring (bicyclic) bond motifs is 1. The fraction of sp³-hybridized carbons (Fsp3) is 0. The number of benzene rings is 2. The number of aromatic nitrogens is 2. The summed E-state index contributed by atoms with van der Waals surface area (Å²) in [5, 5.41) is 0. The summed E-state index contributed by atoms with van der Waals surface area (Å²) in [6.45, 7) is 0. The molecule has 0 aliphatic carbocycles. The molecule has 4 nitrogen and oxygen atoms in total. The standard InChI is InChI=1S/C14H9BrFN3O/c15-9-6-5-8(7-10(9)16)20-14-13(17)18-11-3-1-2-4-12(11)19-14/h1-7H,(H2,17,18). The van der Waals surface area contributed by atoms with Crippen molar-refractivity contribution in [3.63, 3.8) is 0 Å². The molecule has 0 spiro atoms. The highest BCUT2D eigenvalue weighted by Gasteiger charge is 2.09. The van der Waals surface area contributed by atoms with Crippen LogP contribution in [0.5, 0.6) is 11.6 Å². The summed E-state index contributed by atoms with van der Waals surface area (Å²) in [4.78, 5) is 8.48. The van der Waals surface area contributed by atoms with Gasteiger partial charge in [-0.3, -0.25) is 0 Å². The summed E-state index contributed by atoms with van der Waals surface area (Å²) >= 11 is 3.08. The first-order valence-corrected chi connectivity index (χ1v) is 6.58. The highest BCUT2D eigenvalue weighted by atomic mass is 79.9. The number of anilines is 1. The minimum absolute atomic E-state index is 0.158. The molecule has 0 aliphatic rings. The van der Waals surface area contributed by atoms with Gasteiger partial charge >= 0.3 is 0 Å². The zero-order chi connectivity index (χ0) is 14.1. The second kappa shape index (κ2) is 5.05. The first-order valence-electron chi connectivity index (χ1n) is 5.78. The number of nitrogen functional groups attached to an aromatic ring is 1. The van der Waals surface area contributed by atoms with E-state index in [0.717, 1.165) is 0 Å². The van der Waals surface area contributed by atoms with Gasteiger partial charge < -0.3 is 10.5 Å². The lowest BCUT2D eigenvalue weighted by Crippen LogP contribution is -1.99. The first kappa shape index (κ1) is 12.8. The molecule has 0 bridgehead atoms. The Morgan fingerprint density at radius 3 is 2.45 bits per heavy atom. The summed E-state index contributed by atoms with van der Waals surface area (Å²) in [5.41, 5.74) is 7.14. The van der Waals surface area contributed by atoms with Gasteiger partial charge in [-0.05, 0) is 40.2 Å². The van der Waals surface area contributed by atoms with E-state index in [9.17, 15) is 4.39 Å². The SMILES string of the molecule is Nc1nc2ccccc2nc1Oc1ccc(Br)c(F)c1. The van der Waals surface area contributed by atoms with Crippen LogP contribution in [0.15, 0.2) is 46.9 Å². The molecule has 100 valence electrons. The number of nitrogens with two attached hydrogens (primary N) is 1. The van der Waals surface area contributed by atoms with Crippen molar-refractivity contribution in [2.24, 2.45) is 0 Å². The number of halogens is 2. The first-order chi connectivity index (χ1) is 9.63. The summed E-state index contributed by atoms with van der Waals surface area (Å²) in [6, 6.07) is 11.7. The van der Waals surface area contributed by atoms with E-state index in [-0.39, 0.29) is 11.7 Å². The molecule has 0 radical (unpaired) electrons. The van der Waals surface area contributed by atoms with Gasteiger partial charge in [0.1, 0.15) is 11.6 Å². The molecule has 0 fully saturated rings. The van der Waals surface area contributed by atoms with Crippen molar-refractivity contribution in [3.8, 4) is 11.6 Å². The van der Waals surface area contributed by atoms with Crippen LogP contribution < -0.4 is 10.5 Å². The van der Waals surface area contributed by atoms with Crippen LogP contribution in [0.1, 0.15) is 0 Å². The molecule has 2 aromatic carbocycles. The van der Waals surface area contributed by atoms with Gasteiger partial charge in [0.2, 0.25) is 0 Å². The Balaban J connectivity index is 2.01. The summed E-state index contributed by atoms with van der Waals surface area (Å²) in [7, 11) is 0. The molecule has 6 heteroatoms. The maximum Gasteiger partial charge on any atom is 0.263 e. The highest BCUT2D eigenvalue weighted by Crippen LogP contribution is 2.28. The van der Waals surface area contributed by atoms with Crippen molar-refractivity contribution in [2.45, 2.75) is 0 Å². The summed E-state index contributed by atoms with van der Waals surface area (Å²) in [5.74, 6) is 0.203. The lowest BCUT2D eigenvalue weighted by molar-refractivity contribution is 0.460. The number of hydrogen-bond acceptors (Lipinski definition) is 4. The number of ether oxygens (including phenoxy) is 1. The zero-order valence-electron chi connectivity index (χ0n) is 10.2. The number of hydrogen-bond donors (Lipinski definition) is 1. The second-order valence-corrected chi connectivity index (χ2v) is 4.94. The predicted molar refractivity (Wildman–Crippen MR) is 78.1 cm³/mol. The molecule has 3 aromatic rings. The average molecular weight is 334 g/mol. The third-order valence-electron chi connectivity index (χ3n) is 2.67. The molecular weight excluding hydrogens is 325 g/mol.